The predicted molar refractivity (Wildman–Crippen MR) is 79.5 cm³/mol. The van der Waals surface area contributed by atoms with Crippen molar-refractivity contribution in [3.8, 4) is 11.5 Å². The Bertz CT molecular complexity index is 593. The molecule has 0 fully saturated rings. The standard InChI is InChI=1S/C15H20N2O3/c1-10-11(5-6-20-10)9-17(2)13-8-15(19-4)14(18-3)7-12(13)16/h5-8H,9,16H2,1-4H3. The number of hydrogen-bond acceptors (Lipinski definition) is 5. The SMILES string of the molecule is COc1cc(N)c(N(C)Cc2ccoc2C)cc1OC. The first-order valence-electron chi connectivity index (χ1n) is 6.32. The molecule has 2 rings (SSSR count). The van der Waals surface area contributed by atoms with Crippen molar-refractivity contribution in [1.82, 2.24) is 0 Å². The topological polar surface area (TPSA) is 60.9 Å². The van der Waals surface area contributed by atoms with E-state index in [1.165, 1.54) is 0 Å². The molecule has 0 aliphatic carbocycles. The second kappa shape index (κ2) is 5.77. The number of furan rings is 1. The van der Waals surface area contributed by atoms with Crippen LogP contribution in [0.15, 0.2) is 28.9 Å². The molecule has 5 nitrogen and oxygen atoms in total. The molecule has 2 aromatic rings. The molecular weight excluding hydrogens is 256 g/mol. The van der Waals surface area contributed by atoms with E-state index in [0.29, 0.717) is 23.7 Å². The van der Waals surface area contributed by atoms with Gasteiger partial charge in [-0.15, -0.1) is 0 Å². The van der Waals surface area contributed by atoms with E-state index >= 15 is 0 Å². The summed E-state index contributed by atoms with van der Waals surface area (Å²) in [6.07, 6.45) is 1.69. The average molecular weight is 276 g/mol. The number of aryl methyl sites for hydroxylation is 1. The van der Waals surface area contributed by atoms with Gasteiger partial charge in [0.25, 0.3) is 0 Å². The van der Waals surface area contributed by atoms with Crippen molar-refractivity contribution in [3.63, 3.8) is 0 Å². The van der Waals surface area contributed by atoms with Gasteiger partial charge in [-0.25, -0.2) is 0 Å². The summed E-state index contributed by atoms with van der Waals surface area (Å²) < 4.78 is 15.9. The van der Waals surface area contributed by atoms with E-state index in [-0.39, 0.29) is 0 Å². The van der Waals surface area contributed by atoms with E-state index in [2.05, 4.69) is 4.90 Å². The van der Waals surface area contributed by atoms with Crippen LogP contribution >= 0.6 is 0 Å². The van der Waals surface area contributed by atoms with E-state index in [4.69, 9.17) is 19.6 Å². The molecule has 1 aromatic heterocycles. The molecule has 1 aromatic carbocycles. The number of ether oxygens (including phenoxy) is 2. The van der Waals surface area contributed by atoms with Crippen LogP contribution < -0.4 is 20.1 Å². The number of nitrogens with zero attached hydrogens (tertiary/aromatic N) is 1. The van der Waals surface area contributed by atoms with Crippen LogP contribution in [0.5, 0.6) is 11.5 Å². The maximum atomic E-state index is 6.09. The van der Waals surface area contributed by atoms with Gasteiger partial charge in [0.05, 0.1) is 31.9 Å². The lowest BCUT2D eigenvalue weighted by Gasteiger charge is -2.22. The van der Waals surface area contributed by atoms with Crippen LogP contribution in [-0.4, -0.2) is 21.3 Å². The third-order valence-electron chi connectivity index (χ3n) is 3.32. The van der Waals surface area contributed by atoms with Crippen LogP contribution in [0, 0.1) is 6.92 Å². The molecule has 0 bridgehead atoms. The summed E-state index contributed by atoms with van der Waals surface area (Å²) in [7, 11) is 5.18. The second-order valence-corrected chi connectivity index (χ2v) is 4.62. The third kappa shape index (κ3) is 2.66. The van der Waals surface area contributed by atoms with Crippen LogP contribution in [0.2, 0.25) is 0 Å². The van der Waals surface area contributed by atoms with Gasteiger partial charge >= 0.3 is 0 Å². The minimum absolute atomic E-state index is 0.627. The van der Waals surface area contributed by atoms with Crippen LogP contribution in [0.1, 0.15) is 11.3 Å². The van der Waals surface area contributed by atoms with Crippen molar-refractivity contribution in [1.29, 1.82) is 0 Å². The van der Waals surface area contributed by atoms with E-state index in [9.17, 15) is 0 Å². The number of nitrogen functional groups attached to an aromatic ring is 1. The zero-order chi connectivity index (χ0) is 14.7. The maximum Gasteiger partial charge on any atom is 0.162 e. The Morgan fingerprint density at radius 1 is 1.20 bits per heavy atom. The molecule has 0 radical (unpaired) electrons. The Labute approximate surface area is 118 Å². The highest BCUT2D eigenvalue weighted by atomic mass is 16.5. The number of methoxy groups -OCH3 is 2. The van der Waals surface area contributed by atoms with Gasteiger partial charge in [-0.3, -0.25) is 0 Å². The zero-order valence-corrected chi connectivity index (χ0v) is 12.3. The molecule has 0 amide bonds. The van der Waals surface area contributed by atoms with Crippen molar-refractivity contribution >= 4 is 11.4 Å². The predicted octanol–water partition coefficient (Wildman–Crippen LogP) is 2.82. The summed E-state index contributed by atoms with van der Waals surface area (Å²) in [6.45, 7) is 2.66. The molecule has 0 saturated heterocycles. The third-order valence-corrected chi connectivity index (χ3v) is 3.32. The number of benzene rings is 1. The smallest absolute Gasteiger partial charge is 0.162 e. The molecule has 5 heteroatoms. The highest BCUT2D eigenvalue weighted by molar-refractivity contribution is 5.73. The van der Waals surface area contributed by atoms with Crippen molar-refractivity contribution in [3.05, 3.63) is 35.8 Å². The molecule has 20 heavy (non-hydrogen) atoms. The first kappa shape index (κ1) is 14.1. The minimum Gasteiger partial charge on any atom is -0.493 e. The molecule has 108 valence electrons. The average Bonchev–Trinajstić information content (AvgIpc) is 2.83. The normalized spacial score (nSPS) is 10.4. The Morgan fingerprint density at radius 2 is 1.85 bits per heavy atom. The van der Waals surface area contributed by atoms with E-state index in [0.717, 1.165) is 17.0 Å². The summed E-state index contributed by atoms with van der Waals surface area (Å²) >= 11 is 0. The Balaban J connectivity index is 2.30. The largest absolute Gasteiger partial charge is 0.493 e. The van der Waals surface area contributed by atoms with Gasteiger partial charge in [0, 0.05) is 31.3 Å². The summed E-state index contributed by atoms with van der Waals surface area (Å²) in [5.41, 5.74) is 8.75. The Kier molecular flexibility index (Phi) is 4.08. The number of rotatable bonds is 5. The Morgan fingerprint density at radius 3 is 2.40 bits per heavy atom. The molecule has 0 aliphatic heterocycles. The van der Waals surface area contributed by atoms with Crippen LogP contribution in [0.3, 0.4) is 0 Å². The van der Waals surface area contributed by atoms with Gasteiger partial charge in [-0.1, -0.05) is 0 Å². The summed E-state index contributed by atoms with van der Waals surface area (Å²) in [6, 6.07) is 5.61. The van der Waals surface area contributed by atoms with Gasteiger partial charge < -0.3 is 24.5 Å². The van der Waals surface area contributed by atoms with E-state index in [1.54, 1.807) is 26.5 Å². The highest BCUT2D eigenvalue weighted by Gasteiger charge is 2.14. The van der Waals surface area contributed by atoms with E-state index < -0.39 is 0 Å². The molecule has 0 aliphatic rings. The molecule has 0 saturated carbocycles. The monoisotopic (exact) mass is 276 g/mol. The molecule has 0 atom stereocenters. The molecular formula is C15H20N2O3. The van der Waals surface area contributed by atoms with Crippen LogP contribution in [-0.2, 0) is 6.54 Å². The summed E-state index contributed by atoms with van der Waals surface area (Å²) in [4.78, 5) is 2.05. The maximum absolute atomic E-state index is 6.09. The quantitative estimate of drug-likeness (QED) is 0.851. The first-order valence-corrected chi connectivity index (χ1v) is 6.32. The van der Waals surface area contributed by atoms with Gasteiger partial charge in [-0.2, -0.15) is 0 Å². The first-order chi connectivity index (χ1) is 9.56. The molecule has 0 unspecified atom stereocenters. The zero-order valence-electron chi connectivity index (χ0n) is 12.3. The molecule has 0 spiro atoms. The fourth-order valence-electron chi connectivity index (χ4n) is 2.13. The van der Waals surface area contributed by atoms with E-state index in [1.807, 2.05) is 26.1 Å². The fourth-order valence-corrected chi connectivity index (χ4v) is 2.13. The minimum atomic E-state index is 0.627. The Hall–Kier alpha value is -2.30. The van der Waals surface area contributed by atoms with Gasteiger partial charge in [0.1, 0.15) is 5.76 Å². The summed E-state index contributed by atoms with van der Waals surface area (Å²) in [5, 5.41) is 0. The highest BCUT2D eigenvalue weighted by Crippen LogP contribution is 2.36. The van der Waals surface area contributed by atoms with Crippen molar-refractivity contribution in [2.24, 2.45) is 0 Å². The number of nitrogens with two attached hydrogens (primary N) is 1. The van der Waals surface area contributed by atoms with Crippen molar-refractivity contribution < 1.29 is 13.9 Å². The van der Waals surface area contributed by atoms with Crippen LogP contribution in [0.25, 0.3) is 0 Å². The second-order valence-electron chi connectivity index (χ2n) is 4.62. The lowest BCUT2D eigenvalue weighted by atomic mass is 10.2. The van der Waals surface area contributed by atoms with Gasteiger partial charge in [0.2, 0.25) is 0 Å². The molecule has 1 heterocycles. The van der Waals surface area contributed by atoms with Gasteiger partial charge in [0.15, 0.2) is 11.5 Å². The van der Waals surface area contributed by atoms with Crippen LogP contribution in [0.4, 0.5) is 11.4 Å². The fraction of sp³-hybridized carbons (Fsp3) is 0.333. The lowest BCUT2D eigenvalue weighted by molar-refractivity contribution is 0.355. The summed E-state index contributed by atoms with van der Waals surface area (Å²) in [5.74, 6) is 2.20. The number of anilines is 2. The lowest BCUT2D eigenvalue weighted by Crippen LogP contribution is -2.18. The number of hydrogen-bond donors (Lipinski definition) is 1. The van der Waals surface area contributed by atoms with Gasteiger partial charge in [-0.05, 0) is 13.0 Å². The van der Waals surface area contributed by atoms with Crippen molar-refractivity contribution in [2.75, 3.05) is 31.9 Å². The van der Waals surface area contributed by atoms with Crippen molar-refractivity contribution in [2.45, 2.75) is 13.5 Å². The molecule has 2 N–H and O–H groups in total.